The van der Waals surface area contributed by atoms with Crippen LogP contribution in [0, 0.1) is 5.82 Å². The molecule has 1 rings (SSSR count). The number of nitrogens with two attached hydrogens (primary N) is 1. The minimum Gasteiger partial charge on any atom is -0.271 e. The highest BCUT2D eigenvalue weighted by Gasteiger charge is 2.27. The predicted molar refractivity (Wildman–Crippen MR) is 64.1 cm³/mol. The first kappa shape index (κ1) is 15.4. The molecule has 0 fully saturated rings. The fourth-order valence-electron chi connectivity index (χ4n) is 1.62. The summed E-state index contributed by atoms with van der Waals surface area (Å²) in [5.74, 6) is 4.83. The van der Waals surface area contributed by atoms with E-state index in [1.54, 1.807) is 6.07 Å². The Bertz CT molecular complexity index is 395. The number of rotatable bonds is 5. The van der Waals surface area contributed by atoms with Gasteiger partial charge < -0.3 is 0 Å². The van der Waals surface area contributed by atoms with Crippen molar-refractivity contribution in [3.05, 3.63) is 34.1 Å². The van der Waals surface area contributed by atoms with Crippen LogP contribution in [0.25, 0.3) is 0 Å². The third-order valence-corrected chi connectivity index (χ3v) is 3.35. The van der Waals surface area contributed by atoms with E-state index >= 15 is 0 Å². The first-order valence-electron chi connectivity index (χ1n) is 5.32. The molecule has 0 aliphatic heterocycles. The van der Waals surface area contributed by atoms with Gasteiger partial charge in [0.05, 0.1) is 4.47 Å². The van der Waals surface area contributed by atoms with Gasteiger partial charge >= 0.3 is 6.18 Å². The molecule has 0 aromatic heterocycles. The molecule has 3 N–H and O–H groups in total. The molecule has 7 heteroatoms. The Balaban J connectivity index is 2.69. The zero-order valence-electron chi connectivity index (χ0n) is 9.40. The standard InChI is InChI=1S/C11H13BrF4N2/c12-10-7(3-1-4-8(10)13)9(18-17)5-2-6-11(14,15)16/h1,3-4,9,18H,2,5-6,17H2. The Morgan fingerprint density at radius 2 is 2.00 bits per heavy atom. The highest BCUT2D eigenvalue weighted by Crippen LogP contribution is 2.30. The van der Waals surface area contributed by atoms with Crippen molar-refractivity contribution in [2.75, 3.05) is 0 Å². The van der Waals surface area contributed by atoms with Crippen LogP contribution in [0.4, 0.5) is 17.6 Å². The second-order valence-electron chi connectivity index (χ2n) is 3.87. The normalized spacial score (nSPS) is 13.7. The van der Waals surface area contributed by atoms with Crippen LogP contribution in [0.3, 0.4) is 0 Å². The summed E-state index contributed by atoms with van der Waals surface area (Å²) < 4.78 is 49.6. The van der Waals surface area contributed by atoms with Gasteiger partial charge in [0.2, 0.25) is 0 Å². The Morgan fingerprint density at radius 3 is 2.56 bits per heavy atom. The lowest BCUT2D eigenvalue weighted by Gasteiger charge is -2.18. The van der Waals surface area contributed by atoms with E-state index in [2.05, 4.69) is 21.4 Å². The van der Waals surface area contributed by atoms with Gasteiger partial charge in [0.1, 0.15) is 5.82 Å². The van der Waals surface area contributed by atoms with E-state index in [9.17, 15) is 17.6 Å². The van der Waals surface area contributed by atoms with Crippen LogP contribution in [0.2, 0.25) is 0 Å². The molecule has 1 unspecified atom stereocenters. The topological polar surface area (TPSA) is 38.0 Å². The van der Waals surface area contributed by atoms with Crippen LogP contribution in [0.1, 0.15) is 30.9 Å². The smallest absolute Gasteiger partial charge is 0.271 e. The molecule has 0 saturated heterocycles. The van der Waals surface area contributed by atoms with E-state index in [0.717, 1.165) is 0 Å². The summed E-state index contributed by atoms with van der Waals surface area (Å²) in [6.45, 7) is 0. The first-order chi connectivity index (χ1) is 8.35. The van der Waals surface area contributed by atoms with Gasteiger partial charge in [-0.25, -0.2) is 4.39 Å². The van der Waals surface area contributed by atoms with Gasteiger partial charge in [-0.1, -0.05) is 12.1 Å². The van der Waals surface area contributed by atoms with Gasteiger partial charge in [-0.3, -0.25) is 11.3 Å². The second-order valence-corrected chi connectivity index (χ2v) is 4.66. The SMILES string of the molecule is NNC(CCCC(F)(F)F)c1cccc(F)c1Br. The summed E-state index contributed by atoms with van der Waals surface area (Å²) in [5, 5.41) is 0. The highest BCUT2D eigenvalue weighted by molar-refractivity contribution is 9.10. The summed E-state index contributed by atoms with van der Waals surface area (Å²) in [6, 6.07) is 3.85. The molecule has 0 amide bonds. The summed E-state index contributed by atoms with van der Waals surface area (Å²) in [6.07, 6.45) is -4.95. The van der Waals surface area contributed by atoms with Crippen LogP contribution in [0.15, 0.2) is 22.7 Å². The molecular formula is C11H13BrF4N2. The molecule has 0 radical (unpaired) electrons. The molecule has 0 aliphatic rings. The number of alkyl halides is 3. The lowest BCUT2D eigenvalue weighted by molar-refractivity contribution is -0.135. The van der Waals surface area contributed by atoms with Crippen LogP contribution in [-0.4, -0.2) is 6.18 Å². The Hall–Kier alpha value is -0.660. The molecule has 0 bridgehead atoms. The fraction of sp³-hybridized carbons (Fsp3) is 0.455. The lowest BCUT2D eigenvalue weighted by atomic mass is 10.0. The van der Waals surface area contributed by atoms with Gasteiger partial charge in [0.25, 0.3) is 0 Å². The third kappa shape index (κ3) is 4.55. The maximum absolute atomic E-state index is 13.3. The fourth-order valence-corrected chi connectivity index (χ4v) is 2.17. The van der Waals surface area contributed by atoms with Crippen molar-refractivity contribution >= 4 is 15.9 Å². The van der Waals surface area contributed by atoms with E-state index in [1.165, 1.54) is 12.1 Å². The molecular weight excluding hydrogens is 316 g/mol. The quantitative estimate of drug-likeness (QED) is 0.490. The maximum Gasteiger partial charge on any atom is 0.389 e. The van der Waals surface area contributed by atoms with Crippen molar-refractivity contribution in [2.45, 2.75) is 31.5 Å². The van der Waals surface area contributed by atoms with Gasteiger partial charge in [0, 0.05) is 12.5 Å². The largest absolute Gasteiger partial charge is 0.389 e. The molecule has 18 heavy (non-hydrogen) atoms. The van der Waals surface area contributed by atoms with Crippen molar-refractivity contribution in [2.24, 2.45) is 5.84 Å². The number of hydrogen-bond donors (Lipinski definition) is 2. The maximum atomic E-state index is 13.3. The number of benzene rings is 1. The van der Waals surface area contributed by atoms with Crippen LogP contribution < -0.4 is 11.3 Å². The lowest BCUT2D eigenvalue weighted by Crippen LogP contribution is -2.28. The van der Waals surface area contributed by atoms with Gasteiger partial charge in [-0.2, -0.15) is 13.2 Å². The number of nitrogens with one attached hydrogen (secondary N) is 1. The van der Waals surface area contributed by atoms with Crippen molar-refractivity contribution in [1.82, 2.24) is 5.43 Å². The van der Waals surface area contributed by atoms with E-state index in [-0.39, 0.29) is 17.3 Å². The van der Waals surface area contributed by atoms with Crippen molar-refractivity contribution < 1.29 is 17.6 Å². The first-order valence-corrected chi connectivity index (χ1v) is 6.11. The Morgan fingerprint density at radius 1 is 1.33 bits per heavy atom. The zero-order valence-corrected chi connectivity index (χ0v) is 11.0. The van der Waals surface area contributed by atoms with E-state index in [1.807, 2.05) is 0 Å². The highest BCUT2D eigenvalue weighted by atomic mass is 79.9. The third-order valence-electron chi connectivity index (χ3n) is 2.51. The number of hydrazine groups is 1. The molecule has 102 valence electrons. The van der Waals surface area contributed by atoms with Gasteiger partial charge in [-0.05, 0) is 40.4 Å². The number of halogens is 5. The molecule has 1 aromatic rings. The number of hydrogen-bond acceptors (Lipinski definition) is 2. The van der Waals surface area contributed by atoms with E-state index in [4.69, 9.17) is 5.84 Å². The average Bonchev–Trinajstić information content (AvgIpc) is 2.27. The predicted octanol–water partition coefficient (Wildman–Crippen LogP) is 3.83. The zero-order chi connectivity index (χ0) is 13.8. The second kappa shape index (κ2) is 6.49. The molecule has 2 nitrogen and oxygen atoms in total. The van der Waals surface area contributed by atoms with Crippen LogP contribution in [-0.2, 0) is 0 Å². The van der Waals surface area contributed by atoms with Crippen molar-refractivity contribution in [1.29, 1.82) is 0 Å². The monoisotopic (exact) mass is 328 g/mol. The van der Waals surface area contributed by atoms with Crippen LogP contribution >= 0.6 is 15.9 Å². The molecule has 1 aromatic carbocycles. The minimum absolute atomic E-state index is 0.0681. The summed E-state index contributed by atoms with van der Waals surface area (Å²) in [4.78, 5) is 0. The molecule has 0 saturated carbocycles. The van der Waals surface area contributed by atoms with E-state index < -0.39 is 24.5 Å². The Kier molecular flexibility index (Phi) is 5.55. The van der Waals surface area contributed by atoms with E-state index in [0.29, 0.717) is 5.56 Å². The van der Waals surface area contributed by atoms with Crippen molar-refractivity contribution in [3.63, 3.8) is 0 Å². The van der Waals surface area contributed by atoms with Crippen molar-refractivity contribution in [3.8, 4) is 0 Å². The van der Waals surface area contributed by atoms with Gasteiger partial charge in [-0.15, -0.1) is 0 Å². The summed E-state index contributed by atoms with van der Waals surface area (Å²) in [5.41, 5.74) is 2.92. The molecule has 0 aliphatic carbocycles. The average molecular weight is 329 g/mol. The summed E-state index contributed by atoms with van der Waals surface area (Å²) in [7, 11) is 0. The van der Waals surface area contributed by atoms with Gasteiger partial charge in [0.15, 0.2) is 0 Å². The van der Waals surface area contributed by atoms with Crippen LogP contribution in [0.5, 0.6) is 0 Å². The molecule has 0 spiro atoms. The Labute approximate surface area is 111 Å². The molecule has 0 heterocycles. The minimum atomic E-state index is -4.18. The summed E-state index contributed by atoms with van der Waals surface area (Å²) >= 11 is 3.06. The molecule has 1 atom stereocenters.